The lowest BCUT2D eigenvalue weighted by Gasteiger charge is -2.09. The number of aryl methyl sites for hydroxylation is 1. The number of methoxy groups -OCH3 is 1. The van der Waals surface area contributed by atoms with Gasteiger partial charge in [0, 0.05) is 23.3 Å². The summed E-state index contributed by atoms with van der Waals surface area (Å²) in [5.74, 6) is 0.304. The monoisotopic (exact) mass is 269 g/mol. The van der Waals surface area contributed by atoms with Gasteiger partial charge in [0.15, 0.2) is 0 Å². The van der Waals surface area contributed by atoms with Gasteiger partial charge in [0.1, 0.15) is 11.6 Å². The average Bonchev–Trinajstić information content (AvgIpc) is 2.83. The quantitative estimate of drug-likeness (QED) is 0.697. The van der Waals surface area contributed by atoms with Crippen LogP contribution >= 0.6 is 0 Å². The molecule has 1 aromatic heterocycles. The molecule has 0 unspecified atom stereocenters. The van der Waals surface area contributed by atoms with E-state index in [1.165, 1.54) is 24.1 Å². The fourth-order valence-electron chi connectivity index (χ4n) is 2.40. The van der Waals surface area contributed by atoms with Gasteiger partial charge in [-0.05, 0) is 36.1 Å². The Bertz CT molecular complexity index is 761. The van der Waals surface area contributed by atoms with Crippen LogP contribution in [0.1, 0.15) is 11.1 Å². The number of rotatable bonds is 3. The van der Waals surface area contributed by atoms with Crippen LogP contribution in [-0.4, -0.2) is 11.7 Å². The Morgan fingerprint density at radius 3 is 2.70 bits per heavy atom. The van der Waals surface area contributed by atoms with Crippen molar-refractivity contribution in [2.24, 2.45) is 0 Å². The van der Waals surface area contributed by atoms with Gasteiger partial charge in [-0.1, -0.05) is 18.2 Å². The Morgan fingerprint density at radius 1 is 1.10 bits per heavy atom. The lowest BCUT2D eigenvalue weighted by Crippen LogP contribution is -2.01. The maximum absolute atomic E-state index is 14.0. The topological polar surface area (TPSA) is 14.2 Å². The molecule has 0 spiro atoms. The van der Waals surface area contributed by atoms with E-state index in [1.807, 2.05) is 6.20 Å². The molecule has 20 heavy (non-hydrogen) atoms. The summed E-state index contributed by atoms with van der Waals surface area (Å²) in [5, 5.41) is 1.17. The summed E-state index contributed by atoms with van der Waals surface area (Å²) in [4.78, 5) is 0. The zero-order chi connectivity index (χ0) is 14.1. The summed E-state index contributed by atoms with van der Waals surface area (Å²) < 4.78 is 21.1. The molecule has 2 nitrogen and oxygen atoms in total. The maximum Gasteiger partial charge on any atom is 0.131 e. The summed E-state index contributed by atoms with van der Waals surface area (Å²) >= 11 is 0. The van der Waals surface area contributed by atoms with E-state index < -0.39 is 0 Å². The van der Waals surface area contributed by atoms with Crippen molar-refractivity contribution in [1.29, 1.82) is 0 Å². The van der Waals surface area contributed by atoms with Crippen molar-refractivity contribution in [1.82, 2.24) is 4.57 Å². The van der Waals surface area contributed by atoms with E-state index in [-0.39, 0.29) is 5.82 Å². The van der Waals surface area contributed by atoms with Crippen LogP contribution in [0.2, 0.25) is 0 Å². The first-order chi connectivity index (χ1) is 9.67. The number of fused-ring (bicyclic) bond motifs is 1. The third-order valence-corrected chi connectivity index (χ3v) is 3.53. The third kappa shape index (κ3) is 2.27. The molecule has 0 fully saturated rings. The van der Waals surface area contributed by atoms with Crippen LogP contribution in [0.4, 0.5) is 4.39 Å². The zero-order valence-corrected chi connectivity index (χ0v) is 11.6. The molecule has 0 bridgehead atoms. The Morgan fingerprint density at radius 2 is 1.95 bits per heavy atom. The van der Waals surface area contributed by atoms with Crippen LogP contribution < -0.4 is 4.74 Å². The molecule has 0 aliphatic heterocycles. The lowest BCUT2D eigenvalue weighted by molar-refractivity contribution is 0.410. The predicted molar refractivity (Wildman–Crippen MR) is 78.7 cm³/mol. The van der Waals surface area contributed by atoms with E-state index in [0.717, 1.165) is 5.52 Å². The first-order valence-electron chi connectivity index (χ1n) is 6.55. The zero-order valence-electron chi connectivity index (χ0n) is 11.6. The van der Waals surface area contributed by atoms with Crippen LogP contribution in [0.3, 0.4) is 0 Å². The van der Waals surface area contributed by atoms with Gasteiger partial charge in [0.05, 0.1) is 13.7 Å². The van der Waals surface area contributed by atoms with Gasteiger partial charge in [-0.25, -0.2) is 4.39 Å². The average molecular weight is 269 g/mol. The molecule has 3 heteroatoms. The second kappa shape index (κ2) is 5.00. The minimum absolute atomic E-state index is 0.237. The van der Waals surface area contributed by atoms with E-state index in [2.05, 4.69) is 35.8 Å². The van der Waals surface area contributed by atoms with E-state index in [1.54, 1.807) is 12.1 Å². The number of ether oxygens (including phenoxy) is 1. The van der Waals surface area contributed by atoms with Crippen LogP contribution in [0.5, 0.6) is 5.75 Å². The number of hydrogen-bond donors (Lipinski definition) is 0. The number of hydrogen-bond acceptors (Lipinski definition) is 1. The molecular weight excluding hydrogens is 253 g/mol. The molecule has 102 valence electrons. The molecule has 0 saturated heterocycles. The SMILES string of the molecule is COc1ccc(Cn2ccc3ccc(C)cc32)c(F)c1. The summed E-state index contributed by atoms with van der Waals surface area (Å²) in [5.41, 5.74) is 2.98. The summed E-state index contributed by atoms with van der Waals surface area (Å²) in [6.07, 6.45) is 1.99. The number of benzene rings is 2. The third-order valence-electron chi connectivity index (χ3n) is 3.53. The van der Waals surface area contributed by atoms with E-state index in [0.29, 0.717) is 17.9 Å². The highest BCUT2D eigenvalue weighted by molar-refractivity contribution is 5.80. The molecule has 3 rings (SSSR count). The second-order valence-electron chi connectivity index (χ2n) is 4.96. The summed E-state index contributed by atoms with van der Waals surface area (Å²) in [7, 11) is 1.54. The normalized spacial score (nSPS) is 10.9. The van der Waals surface area contributed by atoms with Gasteiger partial charge in [-0.3, -0.25) is 0 Å². The van der Waals surface area contributed by atoms with Crippen molar-refractivity contribution >= 4 is 10.9 Å². The largest absolute Gasteiger partial charge is 0.497 e. The van der Waals surface area contributed by atoms with E-state index >= 15 is 0 Å². The fourth-order valence-corrected chi connectivity index (χ4v) is 2.40. The smallest absolute Gasteiger partial charge is 0.131 e. The summed E-state index contributed by atoms with van der Waals surface area (Å²) in [6, 6.07) is 13.3. The van der Waals surface area contributed by atoms with Crippen molar-refractivity contribution < 1.29 is 9.13 Å². The predicted octanol–water partition coefficient (Wildman–Crippen LogP) is 4.15. The molecule has 0 saturated carbocycles. The highest BCUT2D eigenvalue weighted by Gasteiger charge is 2.07. The molecule has 0 atom stereocenters. The fraction of sp³-hybridized carbons (Fsp3) is 0.176. The van der Waals surface area contributed by atoms with Crippen molar-refractivity contribution in [2.45, 2.75) is 13.5 Å². The number of aromatic nitrogens is 1. The van der Waals surface area contributed by atoms with Crippen LogP contribution in [-0.2, 0) is 6.54 Å². The van der Waals surface area contributed by atoms with Gasteiger partial charge >= 0.3 is 0 Å². The number of halogens is 1. The first kappa shape index (κ1) is 12.7. The standard InChI is InChI=1S/C17H16FNO/c1-12-3-4-13-7-8-19(17(13)9-12)11-14-5-6-15(20-2)10-16(14)18/h3-10H,11H2,1-2H3. The Kier molecular flexibility index (Phi) is 3.18. The number of nitrogens with zero attached hydrogens (tertiary/aromatic N) is 1. The van der Waals surface area contributed by atoms with Crippen molar-refractivity contribution in [3.05, 3.63) is 65.6 Å². The van der Waals surface area contributed by atoms with Gasteiger partial charge in [0.2, 0.25) is 0 Å². The minimum Gasteiger partial charge on any atom is -0.497 e. The molecule has 0 aliphatic carbocycles. The van der Waals surface area contributed by atoms with E-state index in [4.69, 9.17) is 4.74 Å². The van der Waals surface area contributed by atoms with Crippen LogP contribution in [0.25, 0.3) is 10.9 Å². The van der Waals surface area contributed by atoms with Crippen molar-refractivity contribution in [3.8, 4) is 5.75 Å². The van der Waals surface area contributed by atoms with Crippen molar-refractivity contribution in [2.75, 3.05) is 7.11 Å². The van der Waals surface area contributed by atoms with Gasteiger partial charge in [-0.15, -0.1) is 0 Å². The molecule has 0 N–H and O–H groups in total. The second-order valence-corrected chi connectivity index (χ2v) is 4.96. The van der Waals surface area contributed by atoms with Gasteiger partial charge in [0.25, 0.3) is 0 Å². The molecule has 0 radical (unpaired) electrons. The summed E-state index contributed by atoms with van der Waals surface area (Å²) in [6.45, 7) is 2.58. The van der Waals surface area contributed by atoms with Crippen LogP contribution in [0.15, 0.2) is 48.7 Å². The molecule has 0 aliphatic rings. The van der Waals surface area contributed by atoms with E-state index in [9.17, 15) is 4.39 Å². The molecule has 1 heterocycles. The molecule has 3 aromatic rings. The Hall–Kier alpha value is -2.29. The highest BCUT2D eigenvalue weighted by Crippen LogP contribution is 2.21. The molecule has 2 aromatic carbocycles. The Labute approximate surface area is 117 Å². The highest BCUT2D eigenvalue weighted by atomic mass is 19.1. The first-order valence-corrected chi connectivity index (χ1v) is 6.55. The maximum atomic E-state index is 14.0. The van der Waals surface area contributed by atoms with Gasteiger partial charge in [-0.2, -0.15) is 0 Å². The van der Waals surface area contributed by atoms with Crippen molar-refractivity contribution in [3.63, 3.8) is 0 Å². The van der Waals surface area contributed by atoms with Gasteiger partial charge < -0.3 is 9.30 Å². The lowest BCUT2D eigenvalue weighted by atomic mass is 10.1. The van der Waals surface area contributed by atoms with Crippen LogP contribution in [0, 0.1) is 12.7 Å². The minimum atomic E-state index is -0.237. The molecular formula is C17H16FNO. The molecule has 0 amide bonds. The Balaban J connectivity index is 1.99.